The smallest absolute Gasteiger partial charge is 0.303 e. The zero-order valence-electron chi connectivity index (χ0n) is 20.0. The topological polar surface area (TPSA) is 101 Å². The molecular weight excluding hydrogens is 432 g/mol. The van der Waals surface area contributed by atoms with Crippen molar-refractivity contribution in [2.75, 3.05) is 6.61 Å². The molecule has 9 heteroatoms. The van der Waals surface area contributed by atoms with Gasteiger partial charge < -0.3 is 28.5 Å². The molecule has 8 nitrogen and oxygen atoms in total. The van der Waals surface area contributed by atoms with E-state index in [4.69, 9.17) is 23.4 Å². The average molecular weight is 469 g/mol. The second kappa shape index (κ2) is 10.9. The Kier molecular flexibility index (Phi) is 9.01. The first-order valence-electron chi connectivity index (χ1n) is 10.8. The zero-order chi connectivity index (χ0) is 24.1. The highest BCUT2D eigenvalue weighted by Gasteiger charge is 2.51. The van der Waals surface area contributed by atoms with E-state index < -0.39 is 51.0 Å². The second-order valence-corrected chi connectivity index (χ2v) is 14.4. The lowest BCUT2D eigenvalue weighted by Crippen LogP contribution is -2.62. The van der Waals surface area contributed by atoms with Gasteiger partial charge in [-0.3, -0.25) is 9.59 Å². The van der Waals surface area contributed by atoms with E-state index in [0.717, 1.165) is 5.56 Å². The number of benzene rings is 1. The SMILES string of the molecule is CC(=O)O[C@H]1[C@H](OCc2ccccc2)[C@@H](OC(C)=O)C(O)O[C@@H]1CO[Si](C)(C)C(C)(C)C. The number of ether oxygens (including phenoxy) is 4. The normalized spacial score (nSPS) is 26.4. The molecule has 1 N–H and O–H groups in total. The Labute approximate surface area is 191 Å². The molecule has 0 aliphatic carbocycles. The summed E-state index contributed by atoms with van der Waals surface area (Å²) in [6.07, 6.45) is -5.30. The van der Waals surface area contributed by atoms with E-state index in [1.165, 1.54) is 13.8 Å². The highest BCUT2D eigenvalue weighted by Crippen LogP contribution is 2.37. The molecule has 1 aromatic rings. The average Bonchev–Trinajstić information content (AvgIpc) is 2.68. The fraction of sp³-hybridized carbons (Fsp3) is 0.652. The molecule has 0 spiro atoms. The second-order valence-electron chi connectivity index (χ2n) is 9.55. The van der Waals surface area contributed by atoms with Crippen molar-refractivity contribution in [1.29, 1.82) is 0 Å². The molecule has 0 saturated carbocycles. The summed E-state index contributed by atoms with van der Waals surface area (Å²) in [4.78, 5) is 23.6. The van der Waals surface area contributed by atoms with Crippen LogP contribution in [0.2, 0.25) is 18.1 Å². The Morgan fingerprint density at radius 3 is 2.09 bits per heavy atom. The molecule has 1 unspecified atom stereocenters. The molecular formula is C23H36O8Si. The van der Waals surface area contributed by atoms with Crippen LogP contribution in [0, 0.1) is 0 Å². The Balaban J connectivity index is 2.29. The molecule has 0 aromatic heterocycles. The molecule has 32 heavy (non-hydrogen) atoms. The van der Waals surface area contributed by atoms with Gasteiger partial charge in [-0.1, -0.05) is 51.1 Å². The number of carbonyl (C=O) groups excluding carboxylic acids is 2. The lowest BCUT2D eigenvalue weighted by atomic mass is 9.98. The van der Waals surface area contributed by atoms with Crippen LogP contribution in [0.1, 0.15) is 40.2 Å². The molecule has 180 valence electrons. The maximum absolute atomic E-state index is 11.9. The molecule has 2 rings (SSSR count). The van der Waals surface area contributed by atoms with Gasteiger partial charge in [-0.15, -0.1) is 0 Å². The minimum absolute atomic E-state index is 0.0410. The van der Waals surface area contributed by atoms with Crippen molar-refractivity contribution in [3.8, 4) is 0 Å². The van der Waals surface area contributed by atoms with Crippen LogP contribution in [-0.2, 0) is 39.6 Å². The van der Waals surface area contributed by atoms with E-state index in [1.54, 1.807) is 0 Å². The van der Waals surface area contributed by atoms with Crippen molar-refractivity contribution in [3.05, 3.63) is 35.9 Å². The first-order chi connectivity index (χ1) is 14.8. The van der Waals surface area contributed by atoms with Crippen molar-refractivity contribution >= 4 is 20.3 Å². The van der Waals surface area contributed by atoms with Crippen molar-refractivity contribution in [2.24, 2.45) is 0 Å². The number of carbonyl (C=O) groups is 2. The largest absolute Gasteiger partial charge is 0.457 e. The maximum atomic E-state index is 11.9. The Hall–Kier alpha value is -1.78. The number of esters is 2. The van der Waals surface area contributed by atoms with Gasteiger partial charge in [0.05, 0.1) is 13.2 Å². The number of aliphatic hydroxyl groups excluding tert-OH is 1. The number of rotatable bonds is 8. The lowest BCUT2D eigenvalue weighted by molar-refractivity contribution is -0.300. The van der Waals surface area contributed by atoms with Gasteiger partial charge in [0.15, 0.2) is 26.8 Å². The Bertz CT molecular complexity index is 761. The summed E-state index contributed by atoms with van der Waals surface area (Å²) in [5.74, 6) is -1.15. The molecule has 0 radical (unpaired) electrons. The minimum Gasteiger partial charge on any atom is -0.457 e. The van der Waals surface area contributed by atoms with Crippen LogP contribution in [0.25, 0.3) is 0 Å². The number of hydrogen-bond donors (Lipinski definition) is 1. The summed E-state index contributed by atoms with van der Waals surface area (Å²) in [7, 11) is -2.15. The standard InChI is InChI=1S/C23H36O8Si/c1-15(24)29-19-18(14-28-32(6,7)23(3,4)5)31-22(26)21(30-16(2)25)20(19)27-13-17-11-9-8-10-12-17/h8-12,18-22,26H,13-14H2,1-7H3/t18-,19-,20+,21-,22?/m1/s1. The summed E-state index contributed by atoms with van der Waals surface area (Å²) in [6.45, 7) is 13.3. The van der Waals surface area contributed by atoms with Crippen LogP contribution in [0.4, 0.5) is 0 Å². The fourth-order valence-electron chi connectivity index (χ4n) is 3.14. The first-order valence-corrected chi connectivity index (χ1v) is 13.7. The van der Waals surface area contributed by atoms with Crippen LogP contribution >= 0.6 is 0 Å². The third-order valence-corrected chi connectivity index (χ3v) is 10.4. The van der Waals surface area contributed by atoms with Crippen molar-refractivity contribution in [2.45, 2.75) is 90.1 Å². The monoisotopic (exact) mass is 468 g/mol. The van der Waals surface area contributed by atoms with Crippen molar-refractivity contribution in [3.63, 3.8) is 0 Å². The van der Waals surface area contributed by atoms with Crippen molar-refractivity contribution < 1.29 is 38.1 Å². The molecule has 5 atom stereocenters. The molecule has 1 heterocycles. The van der Waals surface area contributed by atoms with E-state index in [9.17, 15) is 14.7 Å². The summed E-state index contributed by atoms with van der Waals surface area (Å²) < 4.78 is 28.9. The van der Waals surface area contributed by atoms with E-state index in [0.29, 0.717) is 0 Å². The summed E-state index contributed by atoms with van der Waals surface area (Å²) >= 11 is 0. The minimum atomic E-state index is -2.15. The van der Waals surface area contributed by atoms with E-state index in [1.807, 2.05) is 30.3 Å². The Morgan fingerprint density at radius 1 is 1.00 bits per heavy atom. The predicted octanol–water partition coefficient (Wildman–Crippen LogP) is 3.17. The quantitative estimate of drug-likeness (QED) is 0.459. The highest BCUT2D eigenvalue weighted by molar-refractivity contribution is 6.74. The van der Waals surface area contributed by atoms with Gasteiger partial charge in [-0.25, -0.2) is 0 Å². The van der Waals surface area contributed by atoms with Gasteiger partial charge in [0.2, 0.25) is 0 Å². The van der Waals surface area contributed by atoms with Gasteiger partial charge in [0.1, 0.15) is 12.2 Å². The summed E-state index contributed by atoms with van der Waals surface area (Å²) in [5.41, 5.74) is 0.880. The molecule has 0 amide bonds. The fourth-order valence-corrected chi connectivity index (χ4v) is 4.16. The van der Waals surface area contributed by atoms with Gasteiger partial charge in [0.25, 0.3) is 0 Å². The van der Waals surface area contributed by atoms with Gasteiger partial charge >= 0.3 is 11.9 Å². The maximum Gasteiger partial charge on any atom is 0.303 e. The van der Waals surface area contributed by atoms with Crippen LogP contribution in [0.15, 0.2) is 30.3 Å². The third-order valence-electron chi connectivity index (χ3n) is 5.91. The van der Waals surface area contributed by atoms with E-state index >= 15 is 0 Å². The van der Waals surface area contributed by atoms with Crippen LogP contribution in [0.5, 0.6) is 0 Å². The zero-order valence-corrected chi connectivity index (χ0v) is 21.0. The molecule has 0 bridgehead atoms. The van der Waals surface area contributed by atoms with E-state index in [-0.39, 0.29) is 18.3 Å². The summed E-state index contributed by atoms with van der Waals surface area (Å²) in [5, 5.41) is 10.6. The number of hydrogen-bond acceptors (Lipinski definition) is 8. The van der Waals surface area contributed by atoms with Crippen LogP contribution < -0.4 is 0 Å². The Morgan fingerprint density at radius 2 is 1.56 bits per heavy atom. The van der Waals surface area contributed by atoms with Gasteiger partial charge in [-0.05, 0) is 23.7 Å². The van der Waals surface area contributed by atoms with Crippen molar-refractivity contribution in [1.82, 2.24) is 0 Å². The number of aliphatic hydroxyl groups is 1. The van der Waals surface area contributed by atoms with Gasteiger partial charge in [0, 0.05) is 13.8 Å². The first kappa shape index (κ1) is 26.5. The molecule has 1 fully saturated rings. The molecule has 1 aliphatic rings. The predicted molar refractivity (Wildman–Crippen MR) is 120 cm³/mol. The van der Waals surface area contributed by atoms with Crippen LogP contribution in [-0.4, -0.2) is 62.7 Å². The molecule has 1 aliphatic heterocycles. The molecule has 1 aromatic carbocycles. The highest BCUT2D eigenvalue weighted by atomic mass is 28.4. The van der Waals surface area contributed by atoms with E-state index in [2.05, 4.69) is 33.9 Å². The third kappa shape index (κ3) is 7.11. The summed E-state index contributed by atoms with van der Waals surface area (Å²) in [6, 6.07) is 9.41. The van der Waals surface area contributed by atoms with Crippen LogP contribution in [0.3, 0.4) is 0 Å². The van der Waals surface area contributed by atoms with Gasteiger partial charge in [-0.2, -0.15) is 0 Å². The lowest BCUT2D eigenvalue weighted by Gasteiger charge is -2.45. The molecule has 1 saturated heterocycles.